The molecular formula is C34H33Cl3N2O3S. The number of hydrogen-bond acceptors (Lipinski definition) is 5. The highest BCUT2D eigenvalue weighted by atomic mass is 35.5. The Hall–Kier alpha value is -3.03. The van der Waals surface area contributed by atoms with E-state index in [0.29, 0.717) is 48.7 Å². The Balaban J connectivity index is 1.41. The van der Waals surface area contributed by atoms with Gasteiger partial charge < -0.3 is 14.8 Å². The van der Waals surface area contributed by atoms with E-state index in [4.69, 9.17) is 49.3 Å². The molecule has 1 aromatic heterocycles. The Morgan fingerprint density at radius 2 is 1.77 bits per heavy atom. The number of carbonyl (C=O) groups is 1. The van der Waals surface area contributed by atoms with Crippen molar-refractivity contribution in [1.82, 2.24) is 0 Å². The predicted octanol–water partition coefficient (Wildman–Crippen LogP) is 10.4. The molecule has 1 aliphatic carbocycles. The molecule has 224 valence electrons. The number of nitrogens with one attached hydrogen (secondary N) is 1. The number of methoxy groups -OCH3 is 1. The lowest BCUT2D eigenvalue weighted by atomic mass is 9.72. The van der Waals surface area contributed by atoms with Crippen LogP contribution >= 0.6 is 46.1 Å². The van der Waals surface area contributed by atoms with Crippen molar-refractivity contribution in [3.8, 4) is 11.5 Å². The summed E-state index contributed by atoms with van der Waals surface area (Å²) in [5.41, 5.74) is 4.26. The molecule has 0 fully saturated rings. The fourth-order valence-corrected chi connectivity index (χ4v) is 7.03. The zero-order chi connectivity index (χ0) is 30.7. The molecule has 0 radical (unpaired) electrons. The van der Waals surface area contributed by atoms with Gasteiger partial charge in [0.1, 0.15) is 11.6 Å². The topological polar surface area (TPSA) is 59.9 Å². The maximum absolute atomic E-state index is 13.7. The molecule has 0 spiro atoms. The summed E-state index contributed by atoms with van der Waals surface area (Å²) in [4.78, 5) is 19.7. The fourth-order valence-electron chi connectivity index (χ4n) is 5.17. The van der Waals surface area contributed by atoms with Gasteiger partial charge >= 0.3 is 0 Å². The van der Waals surface area contributed by atoms with Gasteiger partial charge in [-0.05, 0) is 96.3 Å². The SMILES string of the molecule is COc1cc(C=Nc2sc3c(c2C(=O)Nc2ccc(Cl)cc2)CC[C@@H](C(C)(C)C)C3)ccc1OCc1ccc(Cl)cc1Cl. The van der Waals surface area contributed by atoms with Crippen LogP contribution < -0.4 is 14.8 Å². The van der Waals surface area contributed by atoms with Crippen LogP contribution in [0.1, 0.15) is 59.1 Å². The molecule has 0 bridgehead atoms. The van der Waals surface area contributed by atoms with Gasteiger partial charge in [0.25, 0.3) is 5.91 Å². The van der Waals surface area contributed by atoms with E-state index in [2.05, 4.69) is 26.1 Å². The largest absolute Gasteiger partial charge is 0.493 e. The van der Waals surface area contributed by atoms with Gasteiger partial charge in [0, 0.05) is 37.4 Å². The number of aliphatic imine (C=N–C) groups is 1. The van der Waals surface area contributed by atoms with Gasteiger partial charge in [0.2, 0.25) is 0 Å². The van der Waals surface area contributed by atoms with E-state index in [-0.39, 0.29) is 17.9 Å². The first-order valence-electron chi connectivity index (χ1n) is 14.0. The number of ether oxygens (including phenoxy) is 2. The Labute approximate surface area is 271 Å². The summed E-state index contributed by atoms with van der Waals surface area (Å²) in [5, 5.41) is 5.47. The highest BCUT2D eigenvalue weighted by molar-refractivity contribution is 7.16. The number of amides is 1. The van der Waals surface area contributed by atoms with E-state index in [1.54, 1.807) is 61.1 Å². The molecule has 0 aliphatic heterocycles. The van der Waals surface area contributed by atoms with Crippen molar-refractivity contribution in [2.45, 2.75) is 46.6 Å². The molecule has 0 saturated heterocycles. The Morgan fingerprint density at radius 3 is 2.47 bits per heavy atom. The first-order chi connectivity index (χ1) is 20.5. The van der Waals surface area contributed by atoms with Gasteiger partial charge in [-0.15, -0.1) is 11.3 Å². The van der Waals surface area contributed by atoms with Gasteiger partial charge in [0.15, 0.2) is 11.5 Å². The second kappa shape index (κ2) is 13.3. The minimum absolute atomic E-state index is 0.164. The maximum Gasteiger partial charge on any atom is 0.259 e. The fraction of sp³-hybridized carbons (Fsp3) is 0.294. The van der Waals surface area contributed by atoms with Crippen molar-refractivity contribution in [2.24, 2.45) is 16.3 Å². The number of rotatable bonds is 8. The number of carbonyl (C=O) groups excluding carboxylic acids is 1. The zero-order valence-corrected chi connectivity index (χ0v) is 27.6. The second-order valence-electron chi connectivity index (χ2n) is 11.6. The van der Waals surface area contributed by atoms with Gasteiger partial charge in [-0.25, -0.2) is 4.99 Å². The molecule has 5 rings (SSSR count). The van der Waals surface area contributed by atoms with Crippen molar-refractivity contribution in [3.63, 3.8) is 0 Å². The van der Waals surface area contributed by atoms with Gasteiger partial charge in [0.05, 0.1) is 12.7 Å². The number of anilines is 1. The number of benzene rings is 3. The molecule has 1 N–H and O–H groups in total. The lowest BCUT2D eigenvalue weighted by Gasteiger charge is -2.33. The second-order valence-corrected chi connectivity index (χ2v) is 14.0. The van der Waals surface area contributed by atoms with E-state index in [9.17, 15) is 4.79 Å². The first kappa shape index (κ1) is 31.4. The molecular weight excluding hydrogens is 623 g/mol. The summed E-state index contributed by atoms with van der Waals surface area (Å²) in [6.45, 7) is 7.12. The van der Waals surface area contributed by atoms with E-state index in [1.807, 2.05) is 24.3 Å². The van der Waals surface area contributed by atoms with Crippen LogP contribution in [-0.2, 0) is 19.4 Å². The van der Waals surface area contributed by atoms with E-state index < -0.39 is 0 Å². The van der Waals surface area contributed by atoms with E-state index in [0.717, 1.165) is 36.0 Å². The summed E-state index contributed by atoms with van der Waals surface area (Å²) in [6.07, 6.45) is 4.60. The smallest absolute Gasteiger partial charge is 0.259 e. The number of thiophene rings is 1. The van der Waals surface area contributed by atoms with E-state index in [1.165, 1.54) is 4.88 Å². The maximum atomic E-state index is 13.7. The minimum atomic E-state index is -0.164. The van der Waals surface area contributed by atoms with Crippen LogP contribution in [0.25, 0.3) is 0 Å². The summed E-state index contributed by atoms with van der Waals surface area (Å²) >= 11 is 20.0. The molecule has 1 amide bonds. The quantitative estimate of drug-likeness (QED) is 0.192. The minimum Gasteiger partial charge on any atom is -0.493 e. The lowest BCUT2D eigenvalue weighted by Crippen LogP contribution is -2.27. The Bertz CT molecular complexity index is 1660. The van der Waals surface area contributed by atoms with Crippen molar-refractivity contribution in [1.29, 1.82) is 0 Å². The van der Waals surface area contributed by atoms with Crippen LogP contribution in [-0.4, -0.2) is 19.2 Å². The van der Waals surface area contributed by atoms with Crippen LogP contribution in [0, 0.1) is 11.3 Å². The molecule has 1 aliphatic rings. The van der Waals surface area contributed by atoms with Crippen molar-refractivity contribution >= 4 is 68.9 Å². The summed E-state index contributed by atoms with van der Waals surface area (Å²) in [6, 6.07) is 18.0. The third-order valence-electron chi connectivity index (χ3n) is 7.72. The third kappa shape index (κ3) is 7.55. The van der Waals surface area contributed by atoms with Crippen LogP contribution in [0.4, 0.5) is 10.7 Å². The molecule has 43 heavy (non-hydrogen) atoms. The molecule has 0 saturated carbocycles. The zero-order valence-electron chi connectivity index (χ0n) is 24.5. The number of nitrogens with zero attached hydrogens (tertiary/aromatic N) is 1. The molecule has 9 heteroatoms. The van der Waals surface area contributed by atoms with Crippen LogP contribution in [0.15, 0.2) is 65.7 Å². The highest BCUT2D eigenvalue weighted by Gasteiger charge is 2.33. The van der Waals surface area contributed by atoms with Crippen LogP contribution in [0.2, 0.25) is 15.1 Å². The van der Waals surface area contributed by atoms with Crippen LogP contribution in [0.5, 0.6) is 11.5 Å². The summed E-state index contributed by atoms with van der Waals surface area (Å²) in [7, 11) is 1.59. The predicted molar refractivity (Wildman–Crippen MR) is 180 cm³/mol. The van der Waals surface area contributed by atoms with Gasteiger partial charge in [-0.2, -0.15) is 0 Å². The Kier molecular flexibility index (Phi) is 9.72. The molecule has 1 atom stereocenters. The molecule has 5 nitrogen and oxygen atoms in total. The number of hydrogen-bond donors (Lipinski definition) is 1. The highest BCUT2D eigenvalue weighted by Crippen LogP contribution is 2.45. The van der Waals surface area contributed by atoms with Gasteiger partial charge in [-0.3, -0.25) is 4.79 Å². The van der Waals surface area contributed by atoms with Crippen molar-refractivity contribution in [3.05, 3.63) is 103 Å². The van der Waals surface area contributed by atoms with Crippen molar-refractivity contribution in [2.75, 3.05) is 12.4 Å². The monoisotopic (exact) mass is 654 g/mol. The van der Waals surface area contributed by atoms with Crippen LogP contribution in [0.3, 0.4) is 0 Å². The third-order valence-corrected chi connectivity index (χ3v) is 9.72. The Morgan fingerprint density at radius 1 is 1.02 bits per heavy atom. The normalized spacial score (nSPS) is 14.9. The first-order valence-corrected chi connectivity index (χ1v) is 16.0. The lowest BCUT2D eigenvalue weighted by molar-refractivity contribution is 0.102. The molecule has 3 aromatic carbocycles. The van der Waals surface area contributed by atoms with Gasteiger partial charge in [-0.1, -0.05) is 61.6 Å². The van der Waals surface area contributed by atoms with E-state index >= 15 is 0 Å². The average Bonchev–Trinajstić information content (AvgIpc) is 3.34. The molecule has 4 aromatic rings. The molecule has 0 unspecified atom stereocenters. The number of fused-ring (bicyclic) bond motifs is 1. The molecule has 1 heterocycles. The average molecular weight is 656 g/mol. The summed E-state index contributed by atoms with van der Waals surface area (Å²) in [5.74, 6) is 1.52. The standard InChI is InChI=1S/C34H33Cl3N2O3S/c1-34(2,3)22-7-13-26-30(16-22)43-33(31(26)32(40)39-25-11-9-23(35)10-12-25)38-18-20-5-14-28(29(15-20)41-4)42-19-21-6-8-24(36)17-27(21)37/h5-6,8-12,14-15,17-18,22H,7,13,16,19H2,1-4H3,(H,39,40)/t22-/m1/s1. The number of halogens is 3. The van der Waals surface area contributed by atoms with Crippen molar-refractivity contribution < 1.29 is 14.3 Å². The summed E-state index contributed by atoms with van der Waals surface area (Å²) < 4.78 is 11.6.